The summed E-state index contributed by atoms with van der Waals surface area (Å²) in [4.78, 5) is 13.6. The number of fused-ring (bicyclic) bond motifs is 7. The summed E-state index contributed by atoms with van der Waals surface area (Å²) in [5, 5.41) is 0. The Morgan fingerprint density at radius 2 is 1.52 bits per heavy atom. The monoisotopic (exact) mass is 424 g/mol. The van der Waals surface area contributed by atoms with Gasteiger partial charge in [0.25, 0.3) is 0 Å². The fraction of sp³-hybridized carbons (Fsp3) is 0.900. The van der Waals surface area contributed by atoms with Gasteiger partial charge in [0.1, 0.15) is 0 Å². The molecule has 0 aromatic carbocycles. The Kier molecular flexibility index (Phi) is 4.66. The van der Waals surface area contributed by atoms with Crippen molar-refractivity contribution < 1.29 is 4.79 Å². The zero-order valence-electron chi connectivity index (χ0n) is 21.7. The maximum Gasteiger partial charge on any atom is 0.161 e. The Bertz CT molecular complexity index is 805. The van der Waals surface area contributed by atoms with Gasteiger partial charge in [0.15, 0.2) is 5.78 Å². The van der Waals surface area contributed by atoms with Crippen LogP contribution in [0.5, 0.6) is 0 Å². The first kappa shape index (κ1) is 22.2. The highest BCUT2D eigenvalue weighted by Crippen LogP contribution is 2.76. The summed E-state index contributed by atoms with van der Waals surface area (Å²) in [5.74, 6) is 4.94. The Morgan fingerprint density at radius 1 is 0.806 bits per heavy atom. The molecule has 9 atom stereocenters. The van der Waals surface area contributed by atoms with Gasteiger partial charge in [-0.2, -0.15) is 0 Å². The number of carbonyl (C=O) groups is 1. The normalized spacial score (nSPS) is 55.4. The molecule has 4 saturated carbocycles. The lowest BCUT2D eigenvalue weighted by Crippen LogP contribution is -2.66. The molecule has 0 radical (unpaired) electrons. The van der Waals surface area contributed by atoms with Crippen molar-refractivity contribution in [2.75, 3.05) is 0 Å². The van der Waals surface area contributed by atoms with Crippen molar-refractivity contribution in [1.29, 1.82) is 0 Å². The third-order valence-corrected chi connectivity index (χ3v) is 13.0. The first-order valence-electron chi connectivity index (χ1n) is 13.5. The van der Waals surface area contributed by atoms with Crippen LogP contribution in [-0.2, 0) is 4.79 Å². The predicted octanol–water partition coefficient (Wildman–Crippen LogP) is 8.09. The molecular formula is C30H48O. The molecule has 0 aliphatic heterocycles. The maximum atomic E-state index is 13.6. The van der Waals surface area contributed by atoms with Crippen LogP contribution < -0.4 is 0 Å². The lowest BCUT2D eigenvalue weighted by Gasteiger charge is -2.71. The minimum absolute atomic E-state index is 0.140. The van der Waals surface area contributed by atoms with Gasteiger partial charge in [0.05, 0.1) is 0 Å². The largest absolute Gasteiger partial charge is 0.294 e. The van der Waals surface area contributed by atoms with E-state index in [1.165, 1.54) is 51.4 Å². The average Bonchev–Trinajstić information content (AvgIpc) is 3.04. The minimum atomic E-state index is -0.174. The van der Waals surface area contributed by atoms with Gasteiger partial charge in [-0.05, 0) is 115 Å². The van der Waals surface area contributed by atoms with Crippen LogP contribution in [0.4, 0.5) is 0 Å². The van der Waals surface area contributed by atoms with Crippen LogP contribution in [0, 0.1) is 62.6 Å². The van der Waals surface area contributed by atoms with E-state index in [4.69, 9.17) is 0 Å². The van der Waals surface area contributed by atoms with Gasteiger partial charge in [0.2, 0.25) is 0 Å². The Labute approximate surface area is 192 Å². The maximum absolute atomic E-state index is 13.6. The van der Waals surface area contributed by atoms with Crippen LogP contribution in [0.3, 0.4) is 0 Å². The van der Waals surface area contributed by atoms with Crippen molar-refractivity contribution in [1.82, 2.24) is 0 Å². The summed E-state index contributed by atoms with van der Waals surface area (Å²) in [6.07, 6.45) is 15.1. The second kappa shape index (κ2) is 6.50. The molecule has 1 nitrogen and oxygen atoms in total. The van der Waals surface area contributed by atoms with E-state index in [0.717, 1.165) is 23.7 Å². The van der Waals surface area contributed by atoms with E-state index >= 15 is 0 Å². The van der Waals surface area contributed by atoms with Crippen molar-refractivity contribution in [3.05, 3.63) is 12.2 Å². The number of allylic oxidation sites excluding steroid dienone is 2. The molecule has 31 heavy (non-hydrogen) atoms. The molecule has 4 fully saturated rings. The lowest BCUT2D eigenvalue weighted by atomic mass is 9.32. The van der Waals surface area contributed by atoms with E-state index in [2.05, 4.69) is 61.5 Å². The first-order chi connectivity index (χ1) is 14.3. The molecule has 0 bridgehead atoms. The van der Waals surface area contributed by atoms with Crippen LogP contribution in [0.1, 0.15) is 107 Å². The fourth-order valence-corrected chi connectivity index (χ4v) is 11.1. The summed E-state index contributed by atoms with van der Waals surface area (Å²) in [6, 6.07) is 0. The van der Waals surface area contributed by atoms with Gasteiger partial charge < -0.3 is 0 Å². The summed E-state index contributed by atoms with van der Waals surface area (Å²) >= 11 is 0. The standard InChI is InChI=1S/C30H48O/c1-19(2)20-11-15-27(5)17-18-28(6)21(25(20)27)9-10-23-29(28,7)16-12-22-26(3,4)14-13-24(31)30(22,23)8/h13-14,19-23,25H,9-12,15-18H2,1-8H3/t20-,21-,22-,23-,25-,27+,28+,29+,30-/m0/s1. The molecule has 0 amide bonds. The zero-order chi connectivity index (χ0) is 22.6. The Hall–Kier alpha value is -0.590. The van der Waals surface area contributed by atoms with Gasteiger partial charge >= 0.3 is 0 Å². The van der Waals surface area contributed by atoms with Gasteiger partial charge in [-0.25, -0.2) is 0 Å². The minimum Gasteiger partial charge on any atom is -0.294 e. The average molecular weight is 425 g/mol. The van der Waals surface area contributed by atoms with Crippen molar-refractivity contribution >= 4 is 5.78 Å². The highest BCUT2D eigenvalue weighted by molar-refractivity contribution is 5.96. The second-order valence-corrected chi connectivity index (χ2v) is 14.6. The summed E-state index contributed by atoms with van der Waals surface area (Å²) < 4.78 is 0. The van der Waals surface area contributed by atoms with Crippen LogP contribution in [0.2, 0.25) is 0 Å². The number of hydrogen-bond donors (Lipinski definition) is 0. The van der Waals surface area contributed by atoms with E-state index in [1.807, 2.05) is 6.08 Å². The topological polar surface area (TPSA) is 17.1 Å². The van der Waals surface area contributed by atoms with E-state index in [-0.39, 0.29) is 10.8 Å². The zero-order valence-corrected chi connectivity index (χ0v) is 21.7. The second-order valence-electron chi connectivity index (χ2n) is 14.6. The SMILES string of the molecule is CC(C)[C@@H]1CC[C@]2(C)CC[C@]3(C)[C@@H](CC[C@@H]4[C@@]5(C)C(=O)C=CC(C)(C)[C@@H]5CC[C@]43C)[C@H]12. The van der Waals surface area contributed by atoms with E-state index in [1.54, 1.807) is 0 Å². The molecule has 5 rings (SSSR count). The summed E-state index contributed by atoms with van der Waals surface area (Å²) in [6.45, 7) is 20.1. The van der Waals surface area contributed by atoms with E-state index in [9.17, 15) is 4.79 Å². The van der Waals surface area contributed by atoms with Gasteiger partial charge in [-0.15, -0.1) is 0 Å². The molecular weight excluding hydrogens is 376 g/mol. The third-order valence-electron chi connectivity index (χ3n) is 13.0. The Balaban J connectivity index is 1.58. The van der Waals surface area contributed by atoms with Crippen LogP contribution >= 0.6 is 0 Å². The molecule has 5 aliphatic carbocycles. The summed E-state index contributed by atoms with van der Waals surface area (Å²) in [5.41, 5.74) is 1.21. The van der Waals surface area contributed by atoms with E-state index < -0.39 is 0 Å². The quantitative estimate of drug-likeness (QED) is 0.415. The van der Waals surface area contributed by atoms with E-state index in [0.29, 0.717) is 33.9 Å². The third kappa shape index (κ3) is 2.59. The number of carbonyl (C=O) groups excluding carboxylic acids is 1. The molecule has 0 saturated heterocycles. The molecule has 0 aromatic heterocycles. The molecule has 0 N–H and O–H groups in total. The fourth-order valence-electron chi connectivity index (χ4n) is 11.1. The molecule has 0 aromatic rings. The number of hydrogen-bond acceptors (Lipinski definition) is 1. The highest BCUT2D eigenvalue weighted by Gasteiger charge is 2.70. The highest BCUT2D eigenvalue weighted by atomic mass is 16.1. The lowest BCUT2D eigenvalue weighted by molar-refractivity contribution is -0.223. The molecule has 1 heteroatoms. The van der Waals surface area contributed by atoms with Gasteiger partial charge in [-0.1, -0.05) is 61.5 Å². The predicted molar refractivity (Wildman–Crippen MR) is 130 cm³/mol. The summed E-state index contributed by atoms with van der Waals surface area (Å²) in [7, 11) is 0. The molecule has 0 spiro atoms. The molecule has 0 unspecified atom stereocenters. The van der Waals surface area contributed by atoms with Gasteiger partial charge in [0, 0.05) is 5.41 Å². The van der Waals surface area contributed by atoms with Crippen LogP contribution in [-0.4, -0.2) is 5.78 Å². The van der Waals surface area contributed by atoms with Crippen LogP contribution in [0.25, 0.3) is 0 Å². The smallest absolute Gasteiger partial charge is 0.161 e. The number of rotatable bonds is 1. The van der Waals surface area contributed by atoms with Crippen molar-refractivity contribution in [2.45, 2.75) is 107 Å². The van der Waals surface area contributed by atoms with Crippen LogP contribution in [0.15, 0.2) is 12.2 Å². The first-order valence-corrected chi connectivity index (χ1v) is 13.5. The molecule has 0 heterocycles. The van der Waals surface area contributed by atoms with Crippen molar-refractivity contribution in [3.63, 3.8) is 0 Å². The van der Waals surface area contributed by atoms with Crippen molar-refractivity contribution in [2.24, 2.45) is 62.6 Å². The van der Waals surface area contributed by atoms with Gasteiger partial charge in [-0.3, -0.25) is 4.79 Å². The molecule has 5 aliphatic rings. The number of ketones is 1. The van der Waals surface area contributed by atoms with Crippen molar-refractivity contribution in [3.8, 4) is 0 Å². The Morgan fingerprint density at radius 3 is 2.19 bits per heavy atom. The molecule has 174 valence electrons.